The number of fused-ring (bicyclic) bond motifs is 3. The van der Waals surface area contributed by atoms with Crippen molar-refractivity contribution < 1.29 is 59.4 Å². The molecule has 0 unspecified atom stereocenters. The highest BCUT2D eigenvalue weighted by molar-refractivity contribution is 7.91. The van der Waals surface area contributed by atoms with Crippen molar-refractivity contribution in [3.63, 3.8) is 0 Å². The molecule has 0 radical (unpaired) electrons. The Morgan fingerprint density at radius 2 is 1.75 bits per heavy atom. The van der Waals surface area contributed by atoms with E-state index in [1.54, 1.807) is 52.0 Å². The summed E-state index contributed by atoms with van der Waals surface area (Å²) in [6.07, 6.45) is -3.72. The average Bonchev–Trinajstić information content (AvgIpc) is 4.10. The Morgan fingerprint density at radius 1 is 1.05 bits per heavy atom. The fourth-order valence-corrected chi connectivity index (χ4v) is 10.1. The standard InChI is InChI=1S/C43H44F3N7O10S2/c1-7-23-19-42(23,39(57)52-65(58,59)26-16-17-26)51-35(54)28-18-25(20-53(28)37(55)33(41(3,4)5)49-40-47-21(2)32(64-40)38(56)60-6)61-36-31-30(27-10-8-9-11-29(27)62-31)48-34(50-36)22-12-14-24(15-13-22)63-43(44,45)46/h7-15,23,25-26,28,33H,1,16-20H2,2-6H3,(H,47,49)(H,51,54)(H,52,57)/t23-,25-,28+,33-,42-/m1/s1. The number of aromatic nitrogens is 3. The monoisotopic (exact) mass is 939 g/mol. The summed E-state index contributed by atoms with van der Waals surface area (Å²) in [6.45, 7) is 10.6. The molecule has 1 saturated heterocycles. The van der Waals surface area contributed by atoms with E-state index < -0.39 is 86.1 Å². The van der Waals surface area contributed by atoms with Crippen LogP contribution in [0.1, 0.15) is 61.8 Å². The van der Waals surface area contributed by atoms with Crippen LogP contribution in [0.3, 0.4) is 0 Å². The molecule has 3 aromatic heterocycles. The number of carbonyl (C=O) groups excluding carboxylic acids is 4. The van der Waals surface area contributed by atoms with Gasteiger partial charge in [-0.15, -0.1) is 19.8 Å². The highest BCUT2D eigenvalue weighted by Gasteiger charge is 2.62. The van der Waals surface area contributed by atoms with Crippen molar-refractivity contribution in [2.45, 2.75) is 88.7 Å². The molecule has 2 aliphatic carbocycles. The summed E-state index contributed by atoms with van der Waals surface area (Å²) in [4.78, 5) is 71.1. The number of thiazole rings is 1. The maximum absolute atomic E-state index is 15.0. The number of esters is 1. The highest BCUT2D eigenvalue weighted by atomic mass is 32.2. The first-order valence-electron chi connectivity index (χ1n) is 20.5. The summed E-state index contributed by atoms with van der Waals surface area (Å²) in [5.74, 6) is -3.98. The molecule has 5 atom stereocenters. The van der Waals surface area contributed by atoms with Crippen molar-refractivity contribution in [1.29, 1.82) is 0 Å². The number of carbonyl (C=O) groups is 4. The van der Waals surface area contributed by atoms with Crippen LogP contribution in [-0.4, -0.2) is 101 Å². The Balaban J connectivity index is 1.15. The highest BCUT2D eigenvalue weighted by Crippen LogP contribution is 2.46. The van der Waals surface area contributed by atoms with Crippen LogP contribution in [0.2, 0.25) is 0 Å². The fraction of sp³-hybridized carbons (Fsp3) is 0.419. The van der Waals surface area contributed by atoms with Crippen LogP contribution in [0.25, 0.3) is 33.5 Å². The molecule has 3 aliphatic rings. The molecule has 3 N–H and O–H groups in total. The number of alkyl halides is 3. The zero-order valence-electron chi connectivity index (χ0n) is 35.6. The molecule has 2 saturated carbocycles. The molecule has 3 amide bonds. The minimum atomic E-state index is -4.91. The van der Waals surface area contributed by atoms with Crippen LogP contribution in [0, 0.1) is 18.3 Å². The minimum absolute atomic E-state index is 0.0539. The van der Waals surface area contributed by atoms with Crippen LogP contribution in [-0.2, 0) is 29.1 Å². The number of rotatable bonds is 14. The number of ether oxygens (including phenoxy) is 3. The Kier molecular flexibility index (Phi) is 11.6. The largest absolute Gasteiger partial charge is 0.573 e. The van der Waals surface area contributed by atoms with Gasteiger partial charge >= 0.3 is 12.3 Å². The van der Waals surface area contributed by atoms with Gasteiger partial charge in [-0.2, -0.15) is 4.98 Å². The van der Waals surface area contributed by atoms with Gasteiger partial charge in [0.05, 0.1) is 24.6 Å². The second-order valence-corrected chi connectivity index (χ2v) is 20.2. The first-order valence-corrected chi connectivity index (χ1v) is 22.8. The number of furan rings is 1. The fourth-order valence-electron chi connectivity index (χ4n) is 7.81. The molecule has 0 spiro atoms. The number of para-hydroxylation sites is 1. The van der Waals surface area contributed by atoms with Crippen molar-refractivity contribution in [3.05, 3.63) is 71.8 Å². The van der Waals surface area contributed by atoms with Crippen molar-refractivity contribution in [2.24, 2.45) is 11.3 Å². The predicted octanol–water partition coefficient (Wildman–Crippen LogP) is 6.04. The summed E-state index contributed by atoms with van der Waals surface area (Å²) >= 11 is 0.988. The lowest BCUT2D eigenvalue weighted by Gasteiger charge is -2.35. The van der Waals surface area contributed by atoms with E-state index in [1.165, 1.54) is 30.2 Å². The van der Waals surface area contributed by atoms with Crippen LogP contribution in [0.15, 0.2) is 65.6 Å². The van der Waals surface area contributed by atoms with Gasteiger partial charge in [0.15, 0.2) is 11.0 Å². The quantitative estimate of drug-likeness (QED) is 0.0854. The smallest absolute Gasteiger partial charge is 0.470 e. The normalized spacial score (nSPS) is 21.4. The summed E-state index contributed by atoms with van der Waals surface area (Å²) in [5, 5.41) is 6.04. The SMILES string of the molecule is C=C[C@@H]1C[C@]1(NC(=O)[C@@H]1C[C@@H](Oc2nc(-c3ccc(OC(F)(F)F)cc3)nc3c2oc2ccccc23)CN1C(=O)[C@@H](Nc1nc(C)c(C(=O)OC)s1)C(C)(C)C)C(=O)NS(=O)(=O)C1CC1. The number of hydrogen-bond donors (Lipinski definition) is 3. The number of aryl methyl sites for hydroxylation is 1. The molecule has 1 aliphatic heterocycles. The predicted molar refractivity (Wildman–Crippen MR) is 230 cm³/mol. The molecule has 0 bridgehead atoms. The van der Waals surface area contributed by atoms with Gasteiger partial charge in [-0.25, -0.2) is 23.2 Å². The lowest BCUT2D eigenvalue weighted by Crippen LogP contribution is -2.58. The summed E-state index contributed by atoms with van der Waals surface area (Å²) in [6, 6.07) is 9.53. The van der Waals surface area contributed by atoms with Crippen LogP contribution >= 0.6 is 11.3 Å². The number of nitrogens with zero attached hydrogens (tertiary/aromatic N) is 4. The van der Waals surface area contributed by atoms with E-state index in [4.69, 9.17) is 13.9 Å². The first kappa shape index (κ1) is 45.3. The Bertz CT molecular complexity index is 2840. The molecular weight excluding hydrogens is 896 g/mol. The van der Waals surface area contributed by atoms with Crippen LogP contribution < -0.4 is 24.8 Å². The number of likely N-dealkylation sites (tertiary alicyclic amines) is 1. The molecule has 22 heteroatoms. The number of amides is 3. The van der Waals surface area contributed by atoms with Crippen LogP contribution in [0.4, 0.5) is 18.3 Å². The molecule has 2 aromatic carbocycles. The van der Waals surface area contributed by atoms with Gasteiger partial charge in [0.2, 0.25) is 27.4 Å². The number of methoxy groups -OCH3 is 1. The number of sulfonamides is 1. The Morgan fingerprint density at radius 3 is 2.38 bits per heavy atom. The topological polar surface area (TPSA) is 221 Å². The molecule has 65 heavy (non-hydrogen) atoms. The van der Waals surface area contributed by atoms with Gasteiger partial charge in [0, 0.05) is 23.3 Å². The van der Waals surface area contributed by atoms with Gasteiger partial charge < -0.3 is 34.2 Å². The van der Waals surface area contributed by atoms with Gasteiger partial charge in [-0.1, -0.05) is 50.3 Å². The van der Waals surface area contributed by atoms with Crippen molar-refractivity contribution >= 4 is 72.3 Å². The van der Waals surface area contributed by atoms with Gasteiger partial charge in [-0.3, -0.25) is 19.1 Å². The molecule has 4 heterocycles. The van der Waals surface area contributed by atoms with E-state index in [-0.39, 0.29) is 46.7 Å². The van der Waals surface area contributed by atoms with Gasteiger partial charge in [0.1, 0.15) is 45.5 Å². The Hall–Kier alpha value is -6.29. The second kappa shape index (κ2) is 16.6. The molecule has 8 rings (SSSR count). The molecule has 3 fully saturated rings. The third kappa shape index (κ3) is 9.18. The van der Waals surface area contributed by atoms with E-state index in [9.17, 15) is 40.8 Å². The average molecular weight is 940 g/mol. The summed E-state index contributed by atoms with van der Waals surface area (Å²) < 4.78 is 88.4. The van der Waals surface area contributed by atoms with Gasteiger partial charge in [0.25, 0.3) is 11.8 Å². The van der Waals surface area contributed by atoms with E-state index in [2.05, 4.69) is 41.6 Å². The zero-order valence-corrected chi connectivity index (χ0v) is 37.3. The summed E-state index contributed by atoms with van der Waals surface area (Å²) in [7, 11) is -2.76. The lowest BCUT2D eigenvalue weighted by atomic mass is 9.85. The van der Waals surface area contributed by atoms with Crippen LogP contribution in [0.5, 0.6) is 11.6 Å². The summed E-state index contributed by atoms with van der Waals surface area (Å²) in [5.41, 5.74) is -0.972. The molecule has 5 aromatic rings. The maximum atomic E-state index is 15.0. The third-order valence-electron chi connectivity index (χ3n) is 11.5. The van der Waals surface area contributed by atoms with Crippen molar-refractivity contribution in [1.82, 2.24) is 29.9 Å². The molecule has 17 nitrogen and oxygen atoms in total. The van der Waals surface area contributed by atoms with E-state index in [0.29, 0.717) is 40.6 Å². The first-order chi connectivity index (χ1) is 30.6. The number of benzene rings is 2. The van der Waals surface area contributed by atoms with Crippen molar-refractivity contribution in [2.75, 3.05) is 19.0 Å². The van der Waals surface area contributed by atoms with Crippen molar-refractivity contribution in [3.8, 4) is 23.0 Å². The lowest BCUT2D eigenvalue weighted by molar-refractivity contribution is -0.274. The maximum Gasteiger partial charge on any atom is 0.573 e. The molecular formula is C43H44F3N7O10S2. The third-order valence-corrected chi connectivity index (χ3v) is 14.3. The van der Waals surface area contributed by atoms with E-state index in [0.717, 1.165) is 23.5 Å². The van der Waals surface area contributed by atoms with E-state index in [1.807, 2.05) is 0 Å². The number of nitrogens with one attached hydrogen (secondary N) is 3. The number of anilines is 1. The number of halogens is 3. The van der Waals surface area contributed by atoms with E-state index >= 15 is 0 Å². The minimum Gasteiger partial charge on any atom is -0.470 e. The molecule has 344 valence electrons. The number of hydrogen-bond acceptors (Lipinski definition) is 15. The zero-order chi connectivity index (χ0) is 46.8. The second-order valence-electron chi connectivity index (χ2n) is 17.2. The van der Waals surface area contributed by atoms with Gasteiger partial charge in [-0.05, 0) is 68.0 Å². The Labute approximate surface area is 374 Å².